The summed E-state index contributed by atoms with van der Waals surface area (Å²) < 4.78 is 26.2. The van der Waals surface area contributed by atoms with E-state index in [-0.39, 0.29) is 0 Å². The Morgan fingerprint density at radius 2 is 1.61 bits per heavy atom. The zero-order valence-corrected chi connectivity index (χ0v) is 17.3. The second-order valence-electron chi connectivity index (χ2n) is 7.59. The average Bonchev–Trinajstić information content (AvgIpc) is 2.69. The van der Waals surface area contributed by atoms with Crippen LogP contribution in [-0.2, 0) is 19.4 Å². The van der Waals surface area contributed by atoms with Crippen LogP contribution in [0.2, 0.25) is 0 Å². The van der Waals surface area contributed by atoms with Gasteiger partial charge in [-0.25, -0.2) is 8.78 Å². The summed E-state index contributed by atoms with van der Waals surface area (Å²) in [7, 11) is 2.03. The van der Waals surface area contributed by atoms with Crippen LogP contribution < -0.4 is 0 Å². The highest BCUT2D eigenvalue weighted by Crippen LogP contribution is 2.17. The Morgan fingerprint density at radius 1 is 0.893 bits per heavy atom. The molecular weight excluding hydrogens is 352 g/mol. The molecule has 0 heterocycles. The van der Waals surface area contributed by atoms with Gasteiger partial charge < -0.3 is 4.90 Å². The van der Waals surface area contributed by atoms with E-state index in [9.17, 15) is 8.78 Å². The molecule has 2 aromatic rings. The van der Waals surface area contributed by atoms with Crippen LogP contribution in [-0.4, -0.2) is 18.5 Å². The summed E-state index contributed by atoms with van der Waals surface area (Å²) >= 11 is 0. The summed E-state index contributed by atoms with van der Waals surface area (Å²) in [6.07, 6.45) is 10.2. The number of hydrogen-bond acceptors (Lipinski definition) is 1. The first-order chi connectivity index (χ1) is 13.5. The molecule has 0 saturated heterocycles. The van der Waals surface area contributed by atoms with E-state index in [0.717, 1.165) is 31.4 Å². The number of aryl methyl sites for hydroxylation is 2. The van der Waals surface area contributed by atoms with Crippen molar-refractivity contribution in [1.82, 2.24) is 4.90 Å². The van der Waals surface area contributed by atoms with Gasteiger partial charge in [0.05, 0.1) is 0 Å². The van der Waals surface area contributed by atoms with Crippen molar-refractivity contribution in [3.8, 4) is 0 Å². The Hall–Kier alpha value is -2.00. The van der Waals surface area contributed by atoms with E-state index in [1.807, 2.05) is 13.1 Å². The molecule has 0 aliphatic heterocycles. The van der Waals surface area contributed by atoms with Gasteiger partial charge in [0.25, 0.3) is 0 Å². The maximum atomic E-state index is 13.3. The van der Waals surface area contributed by atoms with Gasteiger partial charge in [-0.3, -0.25) is 0 Å². The van der Waals surface area contributed by atoms with Gasteiger partial charge in [0.15, 0.2) is 11.6 Å². The number of unbranched alkanes of at least 4 members (excludes halogenated alkanes) is 4. The maximum absolute atomic E-state index is 13.3. The molecule has 0 bridgehead atoms. The SMILES string of the molecule is C=Cc1ccc(CCCCCCCN(C)Cc2ccc(F)c(F)c2)cc1CC. The van der Waals surface area contributed by atoms with E-state index < -0.39 is 11.6 Å². The van der Waals surface area contributed by atoms with E-state index in [2.05, 4.69) is 36.6 Å². The topological polar surface area (TPSA) is 3.24 Å². The van der Waals surface area contributed by atoms with E-state index in [4.69, 9.17) is 0 Å². The molecule has 28 heavy (non-hydrogen) atoms. The van der Waals surface area contributed by atoms with Crippen molar-refractivity contribution in [3.05, 3.63) is 76.9 Å². The molecule has 0 amide bonds. The summed E-state index contributed by atoms with van der Waals surface area (Å²) in [5.41, 5.74) is 4.87. The van der Waals surface area contributed by atoms with Crippen LogP contribution in [0, 0.1) is 11.6 Å². The van der Waals surface area contributed by atoms with Crippen LogP contribution in [0.1, 0.15) is 61.3 Å². The second-order valence-corrected chi connectivity index (χ2v) is 7.59. The molecule has 2 aromatic carbocycles. The summed E-state index contributed by atoms with van der Waals surface area (Å²) in [6.45, 7) is 7.70. The van der Waals surface area contributed by atoms with Gasteiger partial charge >= 0.3 is 0 Å². The smallest absolute Gasteiger partial charge is 0.159 e. The van der Waals surface area contributed by atoms with E-state index in [1.165, 1.54) is 54.5 Å². The summed E-state index contributed by atoms with van der Waals surface area (Å²) in [5.74, 6) is -1.55. The molecule has 0 aliphatic carbocycles. The molecule has 1 nitrogen and oxygen atoms in total. The molecule has 0 unspecified atom stereocenters. The monoisotopic (exact) mass is 385 g/mol. The third-order valence-electron chi connectivity index (χ3n) is 5.25. The normalized spacial score (nSPS) is 11.2. The molecule has 0 radical (unpaired) electrons. The molecule has 0 spiro atoms. The third-order valence-corrected chi connectivity index (χ3v) is 5.25. The van der Waals surface area contributed by atoms with Crippen molar-refractivity contribution in [1.29, 1.82) is 0 Å². The number of benzene rings is 2. The molecule has 0 N–H and O–H groups in total. The summed E-state index contributed by atoms with van der Waals surface area (Å²) in [4.78, 5) is 2.17. The van der Waals surface area contributed by atoms with Crippen molar-refractivity contribution in [2.75, 3.05) is 13.6 Å². The minimum atomic E-state index is -0.783. The van der Waals surface area contributed by atoms with Crippen molar-refractivity contribution >= 4 is 6.08 Å². The minimum absolute atomic E-state index is 0.650. The molecule has 0 aliphatic rings. The Kier molecular flexibility index (Phi) is 9.36. The van der Waals surface area contributed by atoms with Crippen LogP contribution in [0.15, 0.2) is 43.0 Å². The Labute approximate surface area is 169 Å². The first-order valence-corrected chi connectivity index (χ1v) is 10.4. The van der Waals surface area contributed by atoms with E-state index >= 15 is 0 Å². The molecule has 0 atom stereocenters. The lowest BCUT2D eigenvalue weighted by Gasteiger charge is -2.16. The van der Waals surface area contributed by atoms with Crippen molar-refractivity contribution in [2.45, 2.75) is 58.4 Å². The van der Waals surface area contributed by atoms with Crippen LogP contribution in [0.4, 0.5) is 8.78 Å². The van der Waals surface area contributed by atoms with Gasteiger partial charge in [-0.05, 0) is 73.7 Å². The van der Waals surface area contributed by atoms with Crippen LogP contribution in [0.5, 0.6) is 0 Å². The van der Waals surface area contributed by atoms with Gasteiger partial charge in [0.1, 0.15) is 0 Å². The predicted molar refractivity (Wildman–Crippen MR) is 115 cm³/mol. The lowest BCUT2D eigenvalue weighted by Crippen LogP contribution is -2.19. The first-order valence-electron chi connectivity index (χ1n) is 10.4. The average molecular weight is 386 g/mol. The molecule has 0 fully saturated rings. The third kappa shape index (κ3) is 7.20. The summed E-state index contributed by atoms with van der Waals surface area (Å²) in [6, 6.07) is 10.9. The number of nitrogens with zero attached hydrogens (tertiary/aromatic N) is 1. The number of hydrogen-bond donors (Lipinski definition) is 0. The highest BCUT2D eigenvalue weighted by molar-refractivity contribution is 5.52. The predicted octanol–water partition coefficient (Wildman–Crippen LogP) is 6.80. The fourth-order valence-corrected chi connectivity index (χ4v) is 3.59. The standard InChI is InChI=1S/C25H33F2N/c1-4-22-14-12-20(17-23(22)5-2)11-9-7-6-8-10-16-28(3)19-21-13-15-24(26)25(27)18-21/h4,12-15,17-18H,1,5-11,16,19H2,2-3H3. The quantitative estimate of drug-likeness (QED) is 0.363. The second kappa shape index (κ2) is 11.8. The zero-order chi connectivity index (χ0) is 20.4. The Balaban J connectivity index is 1.59. The lowest BCUT2D eigenvalue weighted by atomic mass is 9.98. The van der Waals surface area contributed by atoms with Gasteiger partial charge in [0, 0.05) is 6.54 Å². The molecular formula is C25H33F2N. The number of rotatable bonds is 12. The highest BCUT2D eigenvalue weighted by Gasteiger charge is 2.05. The highest BCUT2D eigenvalue weighted by atomic mass is 19.2. The lowest BCUT2D eigenvalue weighted by molar-refractivity contribution is 0.315. The Morgan fingerprint density at radius 3 is 2.32 bits per heavy atom. The van der Waals surface area contributed by atoms with Gasteiger partial charge in [-0.1, -0.05) is 63.1 Å². The molecule has 152 valence electrons. The van der Waals surface area contributed by atoms with Gasteiger partial charge in [-0.15, -0.1) is 0 Å². The molecule has 3 heteroatoms. The fourth-order valence-electron chi connectivity index (χ4n) is 3.59. The molecule has 2 rings (SSSR count). The van der Waals surface area contributed by atoms with Crippen molar-refractivity contribution < 1.29 is 8.78 Å². The Bertz CT molecular complexity index is 754. The van der Waals surface area contributed by atoms with Crippen LogP contribution >= 0.6 is 0 Å². The molecule has 0 aromatic heterocycles. The van der Waals surface area contributed by atoms with Gasteiger partial charge in [-0.2, -0.15) is 0 Å². The van der Waals surface area contributed by atoms with Crippen molar-refractivity contribution in [3.63, 3.8) is 0 Å². The fraction of sp³-hybridized carbons (Fsp3) is 0.440. The maximum Gasteiger partial charge on any atom is 0.159 e. The largest absolute Gasteiger partial charge is 0.302 e. The zero-order valence-electron chi connectivity index (χ0n) is 17.3. The molecule has 0 saturated carbocycles. The minimum Gasteiger partial charge on any atom is -0.302 e. The van der Waals surface area contributed by atoms with Gasteiger partial charge in [0.2, 0.25) is 0 Å². The summed E-state index contributed by atoms with van der Waals surface area (Å²) in [5, 5.41) is 0. The number of halogens is 2. The van der Waals surface area contributed by atoms with E-state index in [0.29, 0.717) is 6.54 Å². The van der Waals surface area contributed by atoms with Crippen molar-refractivity contribution in [2.24, 2.45) is 0 Å². The van der Waals surface area contributed by atoms with E-state index in [1.54, 1.807) is 6.07 Å². The van der Waals surface area contributed by atoms with Crippen LogP contribution in [0.3, 0.4) is 0 Å². The first kappa shape index (κ1) is 22.3. The van der Waals surface area contributed by atoms with Crippen LogP contribution in [0.25, 0.3) is 6.08 Å².